The fourth-order valence-corrected chi connectivity index (χ4v) is 3.18. The van der Waals surface area contributed by atoms with E-state index in [0.717, 1.165) is 29.4 Å². The fraction of sp³-hybridized carbons (Fsp3) is 0.400. The van der Waals surface area contributed by atoms with Crippen LogP contribution in [0.1, 0.15) is 30.5 Å². The van der Waals surface area contributed by atoms with Gasteiger partial charge in [-0.05, 0) is 49.1 Å². The third kappa shape index (κ3) is 1.30. The molecule has 0 amide bonds. The predicted molar refractivity (Wildman–Crippen MR) is 69.8 cm³/mol. The first-order valence-corrected chi connectivity index (χ1v) is 6.43. The number of hydrogen-bond acceptors (Lipinski definition) is 2. The zero-order chi connectivity index (χ0) is 11.5. The van der Waals surface area contributed by atoms with Crippen molar-refractivity contribution in [3.8, 4) is 0 Å². The average molecular weight is 224 g/mol. The van der Waals surface area contributed by atoms with Gasteiger partial charge in [0.1, 0.15) is 0 Å². The summed E-state index contributed by atoms with van der Waals surface area (Å²) < 4.78 is 0. The van der Waals surface area contributed by atoms with Crippen molar-refractivity contribution in [1.29, 1.82) is 0 Å². The van der Waals surface area contributed by atoms with Gasteiger partial charge < -0.3 is 5.73 Å². The van der Waals surface area contributed by atoms with Gasteiger partial charge in [0.05, 0.1) is 5.52 Å². The molecule has 2 aliphatic rings. The van der Waals surface area contributed by atoms with E-state index in [4.69, 9.17) is 10.7 Å². The molecule has 1 aromatic carbocycles. The number of para-hydroxylation sites is 1. The number of aryl methyl sites for hydroxylation is 1. The Balaban J connectivity index is 1.97. The van der Waals surface area contributed by atoms with E-state index in [-0.39, 0.29) is 0 Å². The van der Waals surface area contributed by atoms with Crippen LogP contribution in [-0.4, -0.2) is 4.98 Å². The number of nitrogens with zero attached hydrogens (tertiary/aromatic N) is 1. The molecule has 17 heavy (non-hydrogen) atoms. The van der Waals surface area contributed by atoms with Crippen LogP contribution in [0.5, 0.6) is 0 Å². The number of nitrogens with two attached hydrogens (primary N) is 1. The number of fused-ring (bicyclic) bond motifs is 2. The van der Waals surface area contributed by atoms with Crippen LogP contribution in [0.4, 0.5) is 5.69 Å². The molecule has 2 heteroatoms. The Labute approximate surface area is 101 Å². The number of anilines is 1. The molecule has 1 aromatic heterocycles. The Morgan fingerprint density at radius 1 is 1.12 bits per heavy atom. The first kappa shape index (κ1) is 9.46. The highest BCUT2D eigenvalue weighted by Gasteiger charge is 2.45. The SMILES string of the molecule is Nc1c2c(nc3ccccc13)CCC1(CC1)C2. The van der Waals surface area contributed by atoms with E-state index >= 15 is 0 Å². The average Bonchev–Trinajstić information content (AvgIpc) is 3.11. The molecule has 2 nitrogen and oxygen atoms in total. The van der Waals surface area contributed by atoms with Crippen LogP contribution >= 0.6 is 0 Å². The van der Waals surface area contributed by atoms with Crippen molar-refractivity contribution in [2.24, 2.45) is 5.41 Å². The normalized spacial score (nSPS) is 20.5. The van der Waals surface area contributed by atoms with Gasteiger partial charge in [-0.3, -0.25) is 4.98 Å². The zero-order valence-corrected chi connectivity index (χ0v) is 9.87. The molecule has 1 saturated carbocycles. The molecule has 0 atom stereocenters. The van der Waals surface area contributed by atoms with Crippen LogP contribution < -0.4 is 5.73 Å². The molecular formula is C15H16N2. The summed E-state index contributed by atoms with van der Waals surface area (Å²) in [7, 11) is 0. The molecule has 0 aliphatic heterocycles. The number of benzene rings is 1. The number of nitrogen functional groups attached to an aromatic ring is 1. The smallest absolute Gasteiger partial charge is 0.0726 e. The predicted octanol–water partition coefficient (Wildman–Crippen LogP) is 3.09. The van der Waals surface area contributed by atoms with E-state index < -0.39 is 0 Å². The highest BCUT2D eigenvalue weighted by Crippen LogP contribution is 2.55. The minimum absolute atomic E-state index is 0.602. The first-order chi connectivity index (χ1) is 8.27. The van der Waals surface area contributed by atoms with Gasteiger partial charge in [0.15, 0.2) is 0 Å². The molecule has 2 N–H and O–H groups in total. The highest BCUT2D eigenvalue weighted by molar-refractivity contribution is 5.92. The summed E-state index contributed by atoms with van der Waals surface area (Å²) in [5.41, 5.74) is 11.6. The zero-order valence-electron chi connectivity index (χ0n) is 9.87. The van der Waals surface area contributed by atoms with Gasteiger partial charge in [-0.25, -0.2) is 0 Å². The van der Waals surface area contributed by atoms with Crippen molar-refractivity contribution in [3.05, 3.63) is 35.5 Å². The molecule has 0 bridgehead atoms. The molecule has 0 radical (unpaired) electrons. The van der Waals surface area contributed by atoms with Crippen molar-refractivity contribution in [1.82, 2.24) is 4.98 Å². The minimum Gasteiger partial charge on any atom is -0.398 e. The second kappa shape index (κ2) is 3.00. The largest absolute Gasteiger partial charge is 0.398 e. The van der Waals surface area contributed by atoms with Crippen LogP contribution in [0.25, 0.3) is 10.9 Å². The van der Waals surface area contributed by atoms with Crippen molar-refractivity contribution in [2.75, 3.05) is 5.73 Å². The monoisotopic (exact) mass is 224 g/mol. The fourth-order valence-electron chi connectivity index (χ4n) is 3.18. The van der Waals surface area contributed by atoms with Gasteiger partial charge in [0.25, 0.3) is 0 Å². The van der Waals surface area contributed by atoms with Crippen LogP contribution in [-0.2, 0) is 12.8 Å². The summed E-state index contributed by atoms with van der Waals surface area (Å²) in [5.74, 6) is 0. The molecule has 4 rings (SSSR count). The highest BCUT2D eigenvalue weighted by atomic mass is 14.8. The first-order valence-electron chi connectivity index (χ1n) is 6.43. The van der Waals surface area contributed by atoms with E-state index in [9.17, 15) is 0 Å². The van der Waals surface area contributed by atoms with Crippen LogP contribution in [0.2, 0.25) is 0 Å². The second-order valence-corrected chi connectivity index (χ2v) is 5.64. The Morgan fingerprint density at radius 2 is 1.94 bits per heavy atom. The van der Waals surface area contributed by atoms with E-state index in [0.29, 0.717) is 5.41 Å². The number of rotatable bonds is 0. The molecule has 2 aliphatic carbocycles. The molecule has 1 heterocycles. The Kier molecular flexibility index (Phi) is 1.67. The van der Waals surface area contributed by atoms with Crippen molar-refractivity contribution in [3.63, 3.8) is 0 Å². The third-order valence-electron chi connectivity index (χ3n) is 4.52. The second-order valence-electron chi connectivity index (χ2n) is 5.64. The molecule has 1 spiro atoms. The maximum absolute atomic E-state index is 6.35. The van der Waals surface area contributed by atoms with Crippen LogP contribution in [0.3, 0.4) is 0 Å². The molecule has 86 valence electrons. The lowest BCUT2D eigenvalue weighted by molar-refractivity contribution is 0.434. The Bertz CT molecular complexity index is 612. The van der Waals surface area contributed by atoms with Gasteiger partial charge in [-0.1, -0.05) is 18.2 Å². The number of pyridine rings is 1. The lowest BCUT2D eigenvalue weighted by Gasteiger charge is -2.25. The standard InChI is InChI=1S/C15H16N2/c16-14-10-3-1-2-4-12(10)17-13-5-6-15(7-8-15)9-11(13)14/h1-4H,5-9H2,(H2,16,17). The molecule has 1 fully saturated rings. The van der Waals surface area contributed by atoms with Crippen molar-refractivity contribution in [2.45, 2.75) is 32.1 Å². The summed E-state index contributed by atoms with van der Waals surface area (Å²) >= 11 is 0. The molecule has 2 aromatic rings. The summed E-state index contributed by atoms with van der Waals surface area (Å²) in [5, 5.41) is 1.13. The molecular weight excluding hydrogens is 208 g/mol. The molecule has 0 unspecified atom stereocenters. The topological polar surface area (TPSA) is 38.9 Å². The summed E-state index contributed by atoms with van der Waals surface area (Å²) in [4.78, 5) is 4.79. The summed E-state index contributed by atoms with van der Waals surface area (Å²) in [6.07, 6.45) is 6.36. The van der Waals surface area contributed by atoms with Crippen LogP contribution in [0, 0.1) is 5.41 Å². The van der Waals surface area contributed by atoms with E-state index in [1.54, 1.807) is 0 Å². The lowest BCUT2D eigenvalue weighted by atomic mass is 9.82. The maximum atomic E-state index is 6.35. The van der Waals surface area contributed by atoms with E-state index in [1.807, 2.05) is 12.1 Å². The summed E-state index contributed by atoms with van der Waals surface area (Å²) in [6.45, 7) is 0. The number of hydrogen-bond donors (Lipinski definition) is 1. The van der Waals surface area contributed by atoms with Gasteiger partial charge in [0, 0.05) is 16.8 Å². The van der Waals surface area contributed by atoms with Gasteiger partial charge in [0.2, 0.25) is 0 Å². The van der Waals surface area contributed by atoms with Crippen LogP contribution in [0.15, 0.2) is 24.3 Å². The van der Waals surface area contributed by atoms with Crippen molar-refractivity contribution >= 4 is 16.6 Å². The van der Waals surface area contributed by atoms with Gasteiger partial charge in [-0.15, -0.1) is 0 Å². The quantitative estimate of drug-likeness (QED) is 0.746. The summed E-state index contributed by atoms with van der Waals surface area (Å²) in [6, 6.07) is 8.23. The van der Waals surface area contributed by atoms with Gasteiger partial charge in [-0.2, -0.15) is 0 Å². The number of aromatic nitrogens is 1. The Morgan fingerprint density at radius 3 is 2.76 bits per heavy atom. The Hall–Kier alpha value is -1.57. The van der Waals surface area contributed by atoms with Crippen molar-refractivity contribution < 1.29 is 0 Å². The minimum atomic E-state index is 0.602. The maximum Gasteiger partial charge on any atom is 0.0726 e. The van der Waals surface area contributed by atoms with E-state index in [1.165, 1.54) is 30.5 Å². The third-order valence-corrected chi connectivity index (χ3v) is 4.52. The van der Waals surface area contributed by atoms with E-state index in [2.05, 4.69) is 12.1 Å². The molecule has 0 saturated heterocycles. The lowest BCUT2D eigenvalue weighted by Crippen LogP contribution is -2.18. The van der Waals surface area contributed by atoms with Gasteiger partial charge >= 0.3 is 0 Å².